The van der Waals surface area contributed by atoms with Gasteiger partial charge < -0.3 is 0 Å². The van der Waals surface area contributed by atoms with Crippen molar-refractivity contribution in [1.29, 1.82) is 0 Å². The monoisotopic (exact) mass is 730 g/mol. The molecule has 0 saturated heterocycles. The Bertz CT molecular complexity index is 3340. The second-order valence-corrected chi connectivity index (χ2v) is 17.3. The van der Waals surface area contributed by atoms with Crippen molar-refractivity contribution in [2.45, 2.75) is 15.2 Å². The molecule has 1 atom stereocenters. The van der Waals surface area contributed by atoms with Crippen LogP contribution in [0.4, 0.5) is 0 Å². The smallest absolute Gasteiger partial charge is 0.0735 e. The van der Waals surface area contributed by atoms with E-state index in [4.69, 9.17) is 0 Å². The summed E-state index contributed by atoms with van der Waals surface area (Å²) in [5.74, 6) is 0. The maximum absolute atomic E-state index is 2.47. The highest BCUT2D eigenvalue weighted by molar-refractivity contribution is 7.99. The fourth-order valence-corrected chi connectivity index (χ4v) is 12.6. The number of benzene rings is 10. The quantitative estimate of drug-likeness (QED) is 0.163. The van der Waals surface area contributed by atoms with Crippen molar-refractivity contribution < 1.29 is 0 Å². The topological polar surface area (TPSA) is 0 Å². The molecule has 1 aromatic heterocycles. The first-order chi connectivity index (χ1) is 27.2. The van der Waals surface area contributed by atoms with Gasteiger partial charge in [-0.1, -0.05) is 157 Å². The predicted molar refractivity (Wildman–Crippen MR) is 235 cm³/mol. The first-order valence-electron chi connectivity index (χ1n) is 19.0. The van der Waals surface area contributed by atoms with Gasteiger partial charge in [0.25, 0.3) is 0 Å². The summed E-state index contributed by atoms with van der Waals surface area (Å²) < 4.78 is 2.69. The highest BCUT2D eigenvalue weighted by Crippen LogP contribution is 2.63. The highest BCUT2D eigenvalue weighted by atomic mass is 32.2. The SMILES string of the molecule is c1ccc2c(c1)Sc1cccc3c1C2(c1ccc(-c2cccc4c2sc2ccccc24)cc1)c1ccc(-c2cc4ccc5cccc6ccc(c2)c4c56)cc1-3. The zero-order valence-electron chi connectivity index (χ0n) is 29.6. The molecule has 0 N–H and O–H groups in total. The lowest BCUT2D eigenvalue weighted by atomic mass is 9.67. The minimum Gasteiger partial charge on any atom is -0.135 e. The number of rotatable bonds is 3. The molecule has 10 aromatic carbocycles. The highest BCUT2D eigenvalue weighted by Gasteiger charge is 2.50. The van der Waals surface area contributed by atoms with E-state index < -0.39 is 5.41 Å². The van der Waals surface area contributed by atoms with E-state index in [1.165, 1.54) is 118 Å². The summed E-state index contributed by atoms with van der Waals surface area (Å²) in [5.41, 5.74) is 12.8. The van der Waals surface area contributed by atoms with Crippen molar-refractivity contribution in [2.24, 2.45) is 0 Å². The minimum absolute atomic E-state index is 0.419. The van der Waals surface area contributed by atoms with Gasteiger partial charge in [0, 0.05) is 30.0 Å². The molecule has 0 nitrogen and oxygen atoms in total. The normalized spacial score (nSPS) is 15.6. The summed E-state index contributed by atoms with van der Waals surface area (Å²) in [6.07, 6.45) is 0. The van der Waals surface area contributed by atoms with Crippen LogP contribution < -0.4 is 0 Å². The van der Waals surface area contributed by atoms with E-state index in [-0.39, 0.29) is 0 Å². The zero-order valence-corrected chi connectivity index (χ0v) is 31.3. The standard InChI is InChI=1S/C53H30S2/c1-3-15-46-40(10-1)42-13-6-11-39(52(42)55-46)31-22-25-38(26-23-31)53-44-27-24-34(30-43(44)41-12-7-17-48(51(41)53)54-47-16-4-2-14-45(47)53)37-28-35-20-18-32-8-5-9-33-19-21-36(29-37)50(35)49(32)33/h1-30H. The van der Waals surface area contributed by atoms with E-state index in [9.17, 15) is 0 Å². The summed E-state index contributed by atoms with van der Waals surface area (Å²) in [4.78, 5) is 2.67. The minimum atomic E-state index is -0.419. The summed E-state index contributed by atoms with van der Waals surface area (Å²) >= 11 is 3.81. The van der Waals surface area contributed by atoms with Crippen molar-refractivity contribution in [2.75, 3.05) is 0 Å². The van der Waals surface area contributed by atoms with E-state index in [2.05, 4.69) is 182 Å². The summed E-state index contributed by atoms with van der Waals surface area (Å²) in [7, 11) is 0. The van der Waals surface area contributed by atoms with Gasteiger partial charge in [-0.2, -0.15) is 0 Å². The Balaban J connectivity index is 1.02. The van der Waals surface area contributed by atoms with Crippen LogP contribution in [0.25, 0.3) is 85.9 Å². The van der Waals surface area contributed by atoms with Gasteiger partial charge in [0.15, 0.2) is 0 Å². The Morgan fingerprint density at radius 2 is 1.04 bits per heavy atom. The molecule has 13 rings (SSSR count). The number of hydrogen-bond donors (Lipinski definition) is 0. The van der Waals surface area contributed by atoms with Crippen molar-refractivity contribution in [3.8, 4) is 33.4 Å². The second kappa shape index (κ2) is 11.0. The summed E-state index contributed by atoms with van der Waals surface area (Å²) in [5, 5.41) is 10.6. The molecule has 0 bridgehead atoms. The Labute approximate surface area is 326 Å². The molecule has 0 fully saturated rings. The fraction of sp³-hybridized carbons (Fsp3) is 0.0189. The fourth-order valence-electron chi connectivity index (χ4n) is 10.1. The second-order valence-electron chi connectivity index (χ2n) is 15.2. The zero-order chi connectivity index (χ0) is 35.8. The van der Waals surface area contributed by atoms with E-state index in [0.717, 1.165) is 0 Å². The Morgan fingerprint density at radius 3 is 1.89 bits per heavy atom. The van der Waals surface area contributed by atoms with Crippen molar-refractivity contribution in [1.82, 2.24) is 0 Å². The van der Waals surface area contributed by atoms with E-state index in [0.29, 0.717) is 0 Å². The predicted octanol–water partition coefficient (Wildman–Crippen LogP) is 15.1. The molecule has 0 saturated carbocycles. The molecular formula is C53H30S2. The number of thiophene rings is 1. The third kappa shape index (κ3) is 3.98. The van der Waals surface area contributed by atoms with Gasteiger partial charge in [-0.15, -0.1) is 11.3 Å². The van der Waals surface area contributed by atoms with Gasteiger partial charge in [-0.25, -0.2) is 0 Å². The molecule has 1 aliphatic carbocycles. The molecule has 0 radical (unpaired) electrons. The van der Waals surface area contributed by atoms with Gasteiger partial charge >= 0.3 is 0 Å². The maximum Gasteiger partial charge on any atom is 0.0735 e. The Hall–Kier alpha value is -6.19. The molecule has 11 aromatic rings. The van der Waals surface area contributed by atoms with E-state index >= 15 is 0 Å². The number of fused-ring (bicyclic) bond motifs is 8. The third-order valence-electron chi connectivity index (χ3n) is 12.5. The van der Waals surface area contributed by atoms with Crippen LogP contribution in [-0.2, 0) is 5.41 Å². The Kier molecular flexibility index (Phi) is 6.01. The van der Waals surface area contributed by atoms with Gasteiger partial charge in [0.2, 0.25) is 0 Å². The lowest BCUT2D eigenvalue weighted by Gasteiger charge is -2.39. The first-order valence-corrected chi connectivity index (χ1v) is 20.6. The van der Waals surface area contributed by atoms with E-state index in [1.807, 2.05) is 23.1 Å². The average Bonchev–Trinajstić information content (AvgIpc) is 3.78. The molecule has 2 heterocycles. The molecular weight excluding hydrogens is 701 g/mol. The maximum atomic E-state index is 2.47. The van der Waals surface area contributed by atoms with Gasteiger partial charge in [-0.05, 0) is 124 Å². The van der Waals surface area contributed by atoms with Crippen LogP contribution in [0.5, 0.6) is 0 Å². The number of hydrogen-bond acceptors (Lipinski definition) is 2. The van der Waals surface area contributed by atoms with Crippen LogP contribution in [0.1, 0.15) is 22.3 Å². The average molecular weight is 731 g/mol. The lowest BCUT2D eigenvalue weighted by molar-refractivity contribution is 0.725. The molecule has 254 valence electrons. The molecule has 1 unspecified atom stereocenters. The Morgan fingerprint density at radius 1 is 0.382 bits per heavy atom. The van der Waals surface area contributed by atoms with Gasteiger partial charge in [0.1, 0.15) is 0 Å². The summed E-state index contributed by atoms with van der Waals surface area (Å²) in [6, 6.07) is 69.0. The van der Waals surface area contributed by atoms with Crippen LogP contribution in [0.15, 0.2) is 192 Å². The first kappa shape index (κ1) is 30.2. The molecule has 2 heteroatoms. The van der Waals surface area contributed by atoms with Crippen LogP contribution in [0.2, 0.25) is 0 Å². The van der Waals surface area contributed by atoms with Crippen molar-refractivity contribution >= 4 is 75.6 Å². The van der Waals surface area contributed by atoms with Crippen LogP contribution in [0.3, 0.4) is 0 Å². The largest absolute Gasteiger partial charge is 0.135 e. The molecule has 1 aliphatic heterocycles. The molecule has 0 spiro atoms. The van der Waals surface area contributed by atoms with Crippen LogP contribution in [-0.4, -0.2) is 0 Å². The summed E-state index contributed by atoms with van der Waals surface area (Å²) in [6.45, 7) is 0. The van der Waals surface area contributed by atoms with Crippen molar-refractivity contribution in [3.63, 3.8) is 0 Å². The van der Waals surface area contributed by atoms with Crippen LogP contribution >= 0.6 is 23.1 Å². The molecule has 0 amide bonds. The van der Waals surface area contributed by atoms with Crippen LogP contribution in [0, 0.1) is 0 Å². The lowest BCUT2D eigenvalue weighted by Crippen LogP contribution is -2.31. The van der Waals surface area contributed by atoms with Gasteiger partial charge in [0.05, 0.1) is 5.41 Å². The van der Waals surface area contributed by atoms with E-state index in [1.54, 1.807) is 0 Å². The molecule has 55 heavy (non-hydrogen) atoms. The van der Waals surface area contributed by atoms with Gasteiger partial charge in [-0.3, -0.25) is 0 Å². The molecule has 2 aliphatic rings. The van der Waals surface area contributed by atoms with Crippen molar-refractivity contribution in [3.05, 3.63) is 204 Å². The third-order valence-corrected chi connectivity index (χ3v) is 14.8.